The van der Waals surface area contributed by atoms with Gasteiger partial charge in [0.05, 0.1) is 17.6 Å². The monoisotopic (exact) mass is 294 g/mol. The summed E-state index contributed by atoms with van der Waals surface area (Å²) in [4.78, 5) is 14.9. The smallest absolute Gasteiger partial charge is 0.328 e. The van der Waals surface area contributed by atoms with E-state index in [1.54, 1.807) is 0 Å². The van der Waals surface area contributed by atoms with Gasteiger partial charge in [-0.1, -0.05) is 0 Å². The van der Waals surface area contributed by atoms with Crippen LogP contribution in [-0.2, 0) is 4.74 Å². The van der Waals surface area contributed by atoms with Gasteiger partial charge in [-0.2, -0.15) is 0 Å². The van der Waals surface area contributed by atoms with E-state index in [2.05, 4.69) is 4.98 Å². The second-order valence-corrected chi connectivity index (χ2v) is 5.48. The number of H-pyrrole nitrogens is 1. The van der Waals surface area contributed by atoms with Gasteiger partial charge in [0.15, 0.2) is 6.23 Å². The van der Waals surface area contributed by atoms with E-state index in [9.17, 15) is 15.0 Å². The van der Waals surface area contributed by atoms with Crippen LogP contribution in [0.25, 0.3) is 11.0 Å². The molecule has 2 heterocycles. The predicted molar refractivity (Wildman–Crippen MR) is 75.0 cm³/mol. The van der Waals surface area contributed by atoms with E-state index in [4.69, 9.17) is 9.84 Å². The van der Waals surface area contributed by atoms with E-state index < -0.39 is 36.8 Å². The molecule has 3 rings (SSSR count). The third-order valence-corrected chi connectivity index (χ3v) is 4.10. The van der Waals surface area contributed by atoms with Crippen molar-refractivity contribution in [3.05, 3.63) is 33.7 Å². The molecular weight excluding hydrogens is 276 g/mol. The first-order valence-electron chi connectivity index (χ1n) is 6.78. The van der Waals surface area contributed by atoms with Crippen LogP contribution in [0, 0.1) is 13.8 Å². The molecule has 1 aromatic carbocycles. The summed E-state index contributed by atoms with van der Waals surface area (Å²) >= 11 is 0. The summed E-state index contributed by atoms with van der Waals surface area (Å²) in [6.07, 6.45) is -4.45. The van der Waals surface area contributed by atoms with Gasteiger partial charge in [0, 0.05) is 0 Å². The Labute approximate surface area is 120 Å². The van der Waals surface area contributed by atoms with E-state index in [0.717, 1.165) is 11.1 Å². The van der Waals surface area contributed by atoms with E-state index in [0.29, 0.717) is 11.0 Å². The van der Waals surface area contributed by atoms with E-state index in [1.807, 2.05) is 26.0 Å². The summed E-state index contributed by atoms with van der Waals surface area (Å²) in [5, 5.41) is 29.0. The number of nitrogens with one attached hydrogen (secondary N) is 1. The molecule has 1 aromatic heterocycles. The molecule has 21 heavy (non-hydrogen) atoms. The van der Waals surface area contributed by atoms with Crippen molar-refractivity contribution < 1.29 is 20.1 Å². The fourth-order valence-corrected chi connectivity index (χ4v) is 2.73. The molecule has 114 valence electrons. The predicted octanol–water partition coefficient (Wildman–Crippen LogP) is -0.442. The molecule has 7 nitrogen and oxygen atoms in total. The molecular formula is C14H18N2O5. The van der Waals surface area contributed by atoms with Crippen LogP contribution >= 0.6 is 0 Å². The van der Waals surface area contributed by atoms with Crippen LogP contribution in [0.2, 0.25) is 0 Å². The molecule has 1 saturated heterocycles. The number of aromatic amines is 1. The zero-order valence-electron chi connectivity index (χ0n) is 11.8. The minimum atomic E-state index is -1.28. The Morgan fingerprint density at radius 2 is 1.90 bits per heavy atom. The van der Waals surface area contributed by atoms with Gasteiger partial charge in [-0.3, -0.25) is 4.57 Å². The van der Waals surface area contributed by atoms with Gasteiger partial charge in [0.25, 0.3) is 0 Å². The van der Waals surface area contributed by atoms with Crippen LogP contribution in [0.5, 0.6) is 0 Å². The first kappa shape index (κ1) is 14.3. The summed E-state index contributed by atoms with van der Waals surface area (Å²) in [5.41, 5.74) is 2.85. The van der Waals surface area contributed by atoms with E-state index in [1.165, 1.54) is 4.57 Å². The van der Waals surface area contributed by atoms with Crippen molar-refractivity contribution >= 4 is 11.0 Å². The number of hydrogen-bond donors (Lipinski definition) is 4. The maximum Gasteiger partial charge on any atom is 0.328 e. The number of aryl methyl sites for hydroxylation is 2. The minimum absolute atomic E-state index is 0.426. The maximum atomic E-state index is 12.2. The number of imidazole rings is 1. The van der Waals surface area contributed by atoms with Crippen LogP contribution in [-0.4, -0.2) is 49.8 Å². The average molecular weight is 294 g/mol. The van der Waals surface area contributed by atoms with Crippen LogP contribution in [0.3, 0.4) is 0 Å². The number of aliphatic hydroxyl groups excluding tert-OH is 3. The summed E-state index contributed by atoms with van der Waals surface area (Å²) in [6, 6.07) is 3.68. The molecule has 0 radical (unpaired) electrons. The highest BCUT2D eigenvalue weighted by atomic mass is 16.6. The molecule has 4 atom stereocenters. The number of nitrogens with zero attached hydrogens (tertiary/aromatic N) is 1. The fraction of sp³-hybridized carbons (Fsp3) is 0.500. The largest absolute Gasteiger partial charge is 0.394 e. The highest BCUT2D eigenvalue weighted by molar-refractivity contribution is 5.77. The molecule has 4 N–H and O–H groups in total. The molecule has 0 spiro atoms. The minimum Gasteiger partial charge on any atom is -0.394 e. The Morgan fingerprint density at radius 3 is 2.52 bits per heavy atom. The van der Waals surface area contributed by atoms with E-state index in [-0.39, 0.29) is 0 Å². The number of hydrogen-bond acceptors (Lipinski definition) is 5. The van der Waals surface area contributed by atoms with E-state index >= 15 is 0 Å². The lowest BCUT2D eigenvalue weighted by Crippen LogP contribution is -2.34. The number of fused-ring (bicyclic) bond motifs is 1. The second-order valence-electron chi connectivity index (χ2n) is 5.48. The quantitative estimate of drug-likeness (QED) is 0.600. The highest BCUT2D eigenvalue weighted by Crippen LogP contribution is 2.31. The Morgan fingerprint density at radius 1 is 1.24 bits per heavy atom. The SMILES string of the molecule is Cc1cc2[nH]c(=O)n([C@@H]3O[C@@H](CO)[C@@H](O)[C@@H]3O)c2cc1C. The van der Waals surface area contributed by atoms with Gasteiger partial charge >= 0.3 is 5.69 Å². The van der Waals surface area contributed by atoms with Gasteiger partial charge in [-0.15, -0.1) is 0 Å². The molecule has 1 aliphatic rings. The van der Waals surface area contributed by atoms with Crippen molar-refractivity contribution in [1.82, 2.24) is 9.55 Å². The standard InChI is InChI=1S/C14H18N2O5/c1-6-3-8-9(4-7(6)2)16(14(20)15-8)13-12(19)11(18)10(5-17)21-13/h3-4,10-13,17-19H,5H2,1-2H3,(H,15,20)/t10-,11+,12-,13+/m0/s1. The maximum absolute atomic E-state index is 12.2. The van der Waals surface area contributed by atoms with Crippen LogP contribution in [0.4, 0.5) is 0 Å². The number of rotatable bonds is 2. The average Bonchev–Trinajstić information content (AvgIpc) is 2.89. The molecule has 7 heteroatoms. The molecule has 1 fully saturated rings. The van der Waals surface area contributed by atoms with Crippen molar-refractivity contribution in [1.29, 1.82) is 0 Å². The Bertz CT molecular complexity index is 735. The van der Waals surface area contributed by atoms with Gasteiger partial charge in [0.2, 0.25) is 0 Å². The van der Waals surface area contributed by atoms with Gasteiger partial charge in [-0.25, -0.2) is 4.79 Å². The third-order valence-electron chi connectivity index (χ3n) is 4.10. The summed E-state index contributed by atoms with van der Waals surface area (Å²) < 4.78 is 6.71. The van der Waals surface area contributed by atoms with Gasteiger partial charge in [-0.05, 0) is 37.1 Å². The number of ether oxygens (including phenoxy) is 1. The lowest BCUT2D eigenvalue weighted by molar-refractivity contribution is -0.0522. The topological polar surface area (TPSA) is 108 Å². The van der Waals surface area contributed by atoms with Crippen molar-refractivity contribution in [2.75, 3.05) is 6.61 Å². The first-order chi connectivity index (χ1) is 9.93. The fourth-order valence-electron chi connectivity index (χ4n) is 2.73. The van der Waals surface area contributed by atoms with Gasteiger partial charge < -0.3 is 25.0 Å². The third kappa shape index (κ3) is 2.09. The summed E-state index contributed by atoms with van der Waals surface area (Å²) in [7, 11) is 0. The molecule has 1 aliphatic heterocycles. The van der Waals surface area contributed by atoms with Crippen LogP contribution in [0.1, 0.15) is 17.4 Å². The first-order valence-corrected chi connectivity index (χ1v) is 6.78. The van der Waals surface area contributed by atoms with Crippen molar-refractivity contribution in [2.24, 2.45) is 0 Å². The number of aliphatic hydroxyl groups is 3. The lowest BCUT2D eigenvalue weighted by atomic mass is 10.1. The number of benzene rings is 1. The van der Waals surface area contributed by atoms with Crippen LogP contribution in [0.15, 0.2) is 16.9 Å². The summed E-state index contributed by atoms with van der Waals surface area (Å²) in [6.45, 7) is 3.44. The molecule has 0 saturated carbocycles. The van der Waals surface area contributed by atoms with Crippen molar-refractivity contribution in [2.45, 2.75) is 38.4 Å². The molecule has 0 bridgehead atoms. The van der Waals surface area contributed by atoms with Crippen molar-refractivity contribution in [3.63, 3.8) is 0 Å². The molecule has 0 unspecified atom stereocenters. The lowest BCUT2D eigenvalue weighted by Gasteiger charge is -2.16. The Kier molecular flexibility index (Phi) is 3.37. The zero-order valence-corrected chi connectivity index (χ0v) is 11.8. The normalized spacial score (nSPS) is 29.4. The van der Waals surface area contributed by atoms with Crippen molar-refractivity contribution in [3.8, 4) is 0 Å². The zero-order chi connectivity index (χ0) is 15.3. The highest BCUT2D eigenvalue weighted by Gasteiger charge is 2.44. The van der Waals surface area contributed by atoms with Crippen LogP contribution < -0.4 is 5.69 Å². The Hall–Kier alpha value is -1.67. The number of aromatic nitrogens is 2. The Balaban J connectivity index is 2.15. The molecule has 0 aliphatic carbocycles. The second kappa shape index (κ2) is 4.96. The molecule has 2 aromatic rings. The van der Waals surface area contributed by atoms with Gasteiger partial charge in [0.1, 0.15) is 18.3 Å². The summed E-state index contributed by atoms with van der Waals surface area (Å²) in [5.74, 6) is 0. The molecule has 0 amide bonds.